The Morgan fingerprint density at radius 1 is 1.14 bits per heavy atom. The number of rotatable bonds is 6. The maximum atomic E-state index is 13.0. The Bertz CT molecular complexity index is 880. The van der Waals surface area contributed by atoms with E-state index in [2.05, 4.69) is 15.6 Å². The number of aromatic amines is 1. The van der Waals surface area contributed by atoms with Crippen molar-refractivity contribution in [2.75, 3.05) is 13.2 Å². The fourth-order valence-corrected chi connectivity index (χ4v) is 6.10. The number of H-pyrrole nitrogens is 1. The van der Waals surface area contributed by atoms with Gasteiger partial charge in [0.1, 0.15) is 18.5 Å². The highest BCUT2D eigenvalue weighted by Gasteiger charge is 2.62. The number of carbonyl (C=O) groups is 1. The minimum Gasteiger partial charge on any atom is -0.490 e. The summed E-state index contributed by atoms with van der Waals surface area (Å²) in [6.45, 7) is 0.664. The van der Waals surface area contributed by atoms with Gasteiger partial charge < -0.3 is 25.5 Å². The van der Waals surface area contributed by atoms with E-state index in [0.717, 1.165) is 55.2 Å². The van der Waals surface area contributed by atoms with Gasteiger partial charge in [-0.15, -0.1) is 0 Å². The van der Waals surface area contributed by atoms with Gasteiger partial charge in [-0.25, -0.2) is 0 Å². The molecular formula is C23H31N3O3. The summed E-state index contributed by atoms with van der Waals surface area (Å²) in [6.07, 6.45) is 9.84. The average molecular weight is 398 g/mol. The topological polar surface area (TPSA) is 86.4 Å². The molecule has 2 atom stereocenters. The quantitative estimate of drug-likeness (QED) is 0.604. The first kappa shape index (κ1) is 18.9. The number of benzene rings is 1. The Kier molecular flexibility index (Phi) is 4.79. The van der Waals surface area contributed by atoms with Crippen LogP contribution in [0.25, 0.3) is 10.9 Å². The summed E-state index contributed by atoms with van der Waals surface area (Å²) in [7, 11) is 0. The average Bonchev–Trinajstić information content (AvgIpc) is 3.49. The van der Waals surface area contributed by atoms with Gasteiger partial charge in [0, 0.05) is 29.7 Å². The van der Waals surface area contributed by atoms with Crippen molar-refractivity contribution in [2.45, 2.75) is 69.1 Å². The molecule has 1 aromatic carbocycles. The van der Waals surface area contributed by atoms with Gasteiger partial charge in [-0.05, 0) is 43.9 Å². The van der Waals surface area contributed by atoms with Crippen LogP contribution in [0.5, 0.6) is 5.75 Å². The Labute approximate surface area is 171 Å². The number of hydrogen-bond acceptors (Lipinski definition) is 4. The molecule has 2 aromatic rings. The van der Waals surface area contributed by atoms with Crippen LogP contribution in [0.1, 0.15) is 51.4 Å². The van der Waals surface area contributed by atoms with Crippen molar-refractivity contribution in [2.24, 2.45) is 5.41 Å². The summed E-state index contributed by atoms with van der Waals surface area (Å²) in [5.74, 6) is 1.01. The third-order valence-corrected chi connectivity index (χ3v) is 7.46. The summed E-state index contributed by atoms with van der Waals surface area (Å²) in [6, 6.07) is 7.97. The second-order valence-electron chi connectivity index (χ2n) is 9.18. The normalized spacial score (nSPS) is 25.8. The zero-order valence-corrected chi connectivity index (χ0v) is 16.9. The number of aromatic nitrogens is 1. The highest BCUT2D eigenvalue weighted by molar-refractivity contribution is 5.88. The lowest BCUT2D eigenvalue weighted by Gasteiger charge is -2.38. The van der Waals surface area contributed by atoms with Gasteiger partial charge in [-0.2, -0.15) is 0 Å². The number of ether oxygens (including phenoxy) is 1. The minimum atomic E-state index is -0.628. The van der Waals surface area contributed by atoms with Gasteiger partial charge in [0.05, 0.1) is 11.0 Å². The van der Waals surface area contributed by atoms with Crippen LogP contribution in [0.2, 0.25) is 0 Å². The molecule has 1 aromatic heterocycles. The van der Waals surface area contributed by atoms with Crippen LogP contribution in [0.15, 0.2) is 30.5 Å². The molecule has 2 saturated carbocycles. The fourth-order valence-electron chi connectivity index (χ4n) is 6.10. The molecule has 0 radical (unpaired) electrons. The molecular weight excluding hydrogens is 366 g/mol. The second kappa shape index (κ2) is 7.33. The molecule has 0 bridgehead atoms. The monoisotopic (exact) mass is 397 g/mol. The molecule has 1 amide bonds. The lowest BCUT2D eigenvalue weighted by molar-refractivity contribution is -0.128. The second-order valence-corrected chi connectivity index (χ2v) is 9.18. The largest absolute Gasteiger partial charge is 0.490 e. The van der Waals surface area contributed by atoms with E-state index in [1.165, 1.54) is 12.8 Å². The molecule has 1 saturated heterocycles. The summed E-state index contributed by atoms with van der Waals surface area (Å²) in [4.78, 5) is 16.2. The number of hydrogen-bond donors (Lipinski definition) is 4. The van der Waals surface area contributed by atoms with Gasteiger partial charge >= 0.3 is 0 Å². The third-order valence-electron chi connectivity index (χ3n) is 7.46. The highest BCUT2D eigenvalue weighted by atomic mass is 16.5. The Morgan fingerprint density at radius 2 is 1.90 bits per heavy atom. The van der Waals surface area contributed by atoms with E-state index >= 15 is 0 Å². The van der Waals surface area contributed by atoms with Crippen LogP contribution in [0.3, 0.4) is 0 Å². The van der Waals surface area contributed by atoms with E-state index in [-0.39, 0.29) is 29.5 Å². The number of aliphatic hydroxyl groups is 1. The van der Waals surface area contributed by atoms with Crippen LogP contribution >= 0.6 is 0 Å². The highest BCUT2D eigenvalue weighted by Crippen LogP contribution is 2.52. The Balaban J connectivity index is 1.25. The minimum absolute atomic E-state index is 0.107. The van der Waals surface area contributed by atoms with E-state index < -0.39 is 6.10 Å². The number of carbonyl (C=O) groups excluding carboxylic acids is 1. The first-order valence-corrected chi connectivity index (χ1v) is 11.1. The first-order chi connectivity index (χ1) is 14.1. The summed E-state index contributed by atoms with van der Waals surface area (Å²) in [5, 5.41) is 18.7. The summed E-state index contributed by atoms with van der Waals surface area (Å²) in [5.41, 5.74) is 0.609. The van der Waals surface area contributed by atoms with Crippen LogP contribution in [0.4, 0.5) is 0 Å². The third kappa shape index (κ3) is 3.13. The number of nitrogens with one attached hydrogen (secondary N) is 3. The van der Waals surface area contributed by atoms with Crippen molar-refractivity contribution < 1.29 is 14.6 Å². The van der Waals surface area contributed by atoms with Crippen LogP contribution in [0, 0.1) is 5.41 Å². The van der Waals surface area contributed by atoms with Crippen molar-refractivity contribution in [3.8, 4) is 5.75 Å². The van der Waals surface area contributed by atoms with Crippen LogP contribution in [-0.2, 0) is 4.79 Å². The molecule has 4 N–H and O–H groups in total. The lowest BCUT2D eigenvalue weighted by atomic mass is 9.73. The van der Waals surface area contributed by atoms with E-state index in [4.69, 9.17) is 4.74 Å². The molecule has 3 aliphatic rings. The summed E-state index contributed by atoms with van der Waals surface area (Å²) >= 11 is 0. The van der Waals surface area contributed by atoms with E-state index in [9.17, 15) is 9.90 Å². The summed E-state index contributed by atoms with van der Waals surface area (Å²) < 4.78 is 5.92. The van der Waals surface area contributed by atoms with Gasteiger partial charge in [0.15, 0.2) is 0 Å². The molecule has 1 unspecified atom stereocenters. The maximum Gasteiger partial charge on any atom is 0.228 e. The molecule has 5 rings (SSSR count). The predicted octanol–water partition coefficient (Wildman–Crippen LogP) is 2.87. The molecule has 2 spiro atoms. The maximum absolute atomic E-state index is 13.0. The zero-order chi connectivity index (χ0) is 19.9. The lowest BCUT2D eigenvalue weighted by Crippen LogP contribution is -2.57. The van der Waals surface area contributed by atoms with Gasteiger partial charge in [-0.3, -0.25) is 4.79 Å². The Morgan fingerprint density at radius 3 is 2.69 bits per heavy atom. The first-order valence-electron chi connectivity index (χ1n) is 11.1. The standard InChI is InChI=1S/C23H31N3O3/c27-16(15-29-19-7-5-6-18-17(19)8-13-24-18)14-25-20-22(9-1-2-10-22)21(28)26-23(20)11-3-4-12-23/h5-8,13,16,20,24-25,27H,1-4,9-12,14-15H2,(H,26,28)/t16-,20?/m0/s1. The van der Waals surface area contributed by atoms with Gasteiger partial charge in [-0.1, -0.05) is 31.7 Å². The smallest absolute Gasteiger partial charge is 0.228 e. The van der Waals surface area contributed by atoms with Crippen LogP contribution < -0.4 is 15.4 Å². The number of amides is 1. The molecule has 6 heteroatoms. The molecule has 1 aliphatic heterocycles. The molecule has 6 nitrogen and oxygen atoms in total. The zero-order valence-electron chi connectivity index (χ0n) is 16.9. The van der Waals surface area contributed by atoms with Crippen LogP contribution in [-0.4, -0.2) is 46.8 Å². The van der Waals surface area contributed by atoms with Gasteiger partial charge in [0.25, 0.3) is 0 Å². The van der Waals surface area contributed by atoms with E-state index in [1.54, 1.807) is 0 Å². The van der Waals surface area contributed by atoms with Crippen molar-refractivity contribution >= 4 is 16.8 Å². The van der Waals surface area contributed by atoms with E-state index in [0.29, 0.717) is 6.54 Å². The molecule has 2 heterocycles. The van der Waals surface area contributed by atoms with Crippen molar-refractivity contribution in [3.63, 3.8) is 0 Å². The van der Waals surface area contributed by atoms with Gasteiger partial charge in [0.2, 0.25) is 5.91 Å². The number of aliphatic hydroxyl groups excluding tert-OH is 1. The molecule has 2 aliphatic carbocycles. The van der Waals surface area contributed by atoms with Crippen molar-refractivity contribution in [1.82, 2.24) is 15.6 Å². The van der Waals surface area contributed by atoms with Crippen molar-refractivity contribution in [1.29, 1.82) is 0 Å². The predicted molar refractivity (Wildman–Crippen MR) is 112 cm³/mol. The molecule has 29 heavy (non-hydrogen) atoms. The Hall–Kier alpha value is -2.05. The number of fused-ring (bicyclic) bond motifs is 1. The van der Waals surface area contributed by atoms with E-state index in [1.807, 2.05) is 30.5 Å². The molecule has 156 valence electrons. The van der Waals surface area contributed by atoms with Crippen molar-refractivity contribution in [3.05, 3.63) is 30.5 Å². The SMILES string of the molecule is O=C1NC2(CCCC2)C(NC[C@H](O)COc2cccc3[nH]ccc23)C12CCCC2. The molecule has 3 fully saturated rings. The fraction of sp³-hybridized carbons (Fsp3) is 0.609.